The van der Waals surface area contributed by atoms with Crippen LogP contribution in [0.5, 0.6) is 0 Å². The highest BCUT2D eigenvalue weighted by molar-refractivity contribution is 7.80. The first kappa shape index (κ1) is 14.3. The molecule has 1 aliphatic carbocycles. The van der Waals surface area contributed by atoms with Crippen LogP contribution in [0.15, 0.2) is 0 Å². The highest BCUT2D eigenvalue weighted by atomic mass is 32.1. The van der Waals surface area contributed by atoms with Gasteiger partial charge in [0.15, 0.2) is 0 Å². The lowest BCUT2D eigenvalue weighted by atomic mass is 9.67. The SMILES string of the molecule is CN1CCCC2CN(C(=O)C3(C(N)=S)CCC3)CCC21. The van der Waals surface area contributed by atoms with Crippen molar-refractivity contribution in [1.82, 2.24) is 9.80 Å². The number of hydrogen-bond acceptors (Lipinski definition) is 3. The monoisotopic (exact) mass is 295 g/mol. The second-order valence-electron chi connectivity index (χ2n) is 6.79. The lowest BCUT2D eigenvalue weighted by molar-refractivity contribution is -0.145. The number of rotatable bonds is 2. The minimum absolute atomic E-state index is 0.211. The average molecular weight is 295 g/mol. The van der Waals surface area contributed by atoms with Crippen molar-refractivity contribution in [3.63, 3.8) is 0 Å². The van der Waals surface area contributed by atoms with E-state index in [1.54, 1.807) is 0 Å². The smallest absolute Gasteiger partial charge is 0.235 e. The van der Waals surface area contributed by atoms with E-state index in [9.17, 15) is 4.79 Å². The van der Waals surface area contributed by atoms with Crippen molar-refractivity contribution < 1.29 is 4.79 Å². The molecule has 0 aromatic rings. The van der Waals surface area contributed by atoms with E-state index in [2.05, 4.69) is 16.8 Å². The van der Waals surface area contributed by atoms with Gasteiger partial charge in [-0.05, 0) is 51.6 Å². The van der Waals surface area contributed by atoms with Gasteiger partial charge < -0.3 is 15.5 Å². The van der Waals surface area contributed by atoms with Crippen LogP contribution in [-0.4, -0.2) is 53.4 Å². The molecule has 0 aromatic carbocycles. The lowest BCUT2D eigenvalue weighted by Crippen LogP contribution is -2.60. The molecule has 3 fully saturated rings. The fourth-order valence-electron chi connectivity index (χ4n) is 4.24. The molecule has 3 rings (SSSR count). The van der Waals surface area contributed by atoms with E-state index in [4.69, 9.17) is 18.0 Å². The molecule has 112 valence electrons. The molecule has 3 aliphatic rings. The molecule has 2 atom stereocenters. The van der Waals surface area contributed by atoms with Crippen LogP contribution in [0.4, 0.5) is 0 Å². The fourth-order valence-corrected chi connectivity index (χ4v) is 4.53. The molecule has 2 aliphatic heterocycles. The van der Waals surface area contributed by atoms with Crippen molar-refractivity contribution in [1.29, 1.82) is 0 Å². The van der Waals surface area contributed by atoms with Crippen LogP contribution in [0.1, 0.15) is 38.5 Å². The summed E-state index contributed by atoms with van der Waals surface area (Å²) < 4.78 is 0. The number of hydrogen-bond donors (Lipinski definition) is 1. The van der Waals surface area contributed by atoms with Crippen LogP contribution in [0.25, 0.3) is 0 Å². The molecule has 0 radical (unpaired) electrons. The Morgan fingerprint density at radius 2 is 2.00 bits per heavy atom. The third-order valence-electron chi connectivity index (χ3n) is 5.72. The first-order chi connectivity index (χ1) is 9.54. The van der Waals surface area contributed by atoms with Crippen LogP contribution >= 0.6 is 12.2 Å². The zero-order valence-electron chi connectivity index (χ0n) is 12.3. The van der Waals surface area contributed by atoms with Crippen LogP contribution in [0.3, 0.4) is 0 Å². The minimum atomic E-state index is -0.497. The fraction of sp³-hybridized carbons (Fsp3) is 0.867. The van der Waals surface area contributed by atoms with Crippen molar-refractivity contribution in [3.8, 4) is 0 Å². The summed E-state index contributed by atoms with van der Waals surface area (Å²) in [4.78, 5) is 17.8. The summed E-state index contributed by atoms with van der Waals surface area (Å²) in [5.41, 5.74) is 5.37. The number of thiocarbonyl (C=S) groups is 1. The summed E-state index contributed by atoms with van der Waals surface area (Å²) in [6.07, 6.45) is 6.38. The Labute approximate surface area is 126 Å². The molecule has 2 unspecified atom stereocenters. The summed E-state index contributed by atoms with van der Waals surface area (Å²) >= 11 is 5.18. The Morgan fingerprint density at radius 3 is 2.60 bits per heavy atom. The normalized spacial score (nSPS) is 33.1. The van der Waals surface area contributed by atoms with Gasteiger partial charge in [-0.1, -0.05) is 18.6 Å². The number of piperidine rings is 2. The Hall–Kier alpha value is -0.680. The Bertz CT molecular complexity index is 421. The van der Waals surface area contributed by atoms with E-state index in [1.807, 2.05) is 0 Å². The summed E-state index contributed by atoms with van der Waals surface area (Å²) in [7, 11) is 2.22. The molecule has 5 heteroatoms. The van der Waals surface area contributed by atoms with Crippen molar-refractivity contribution in [2.45, 2.75) is 44.6 Å². The zero-order valence-corrected chi connectivity index (χ0v) is 13.1. The van der Waals surface area contributed by atoms with Gasteiger partial charge in [-0.2, -0.15) is 0 Å². The molecule has 1 amide bonds. The molecule has 2 saturated heterocycles. The molecule has 0 bridgehead atoms. The molecule has 0 spiro atoms. The van der Waals surface area contributed by atoms with Crippen molar-refractivity contribution in [3.05, 3.63) is 0 Å². The molecule has 2 heterocycles. The average Bonchev–Trinajstić information content (AvgIpc) is 2.36. The number of carbonyl (C=O) groups is 1. The number of likely N-dealkylation sites (tertiary alicyclic amines) is 2. The Balaban J connectivity index is 1.70. The third-order valence-corrected chi connectivity index (χ3v) is 6.11. The highest BCUT2D eigenvalue weighted by Gasteiger charge is 2.50. The van der Waals surface area contributed by atoms with E-state index in [0.29, 0.717) is 16.9 Å². The number of fused-ring (bicyclic) bond motifs is 1. The lowest BCUT2D eigenvalue weighted by Gasteiger charge is -2.49. The van der Waals surface area contributed by atoms with Crippen LogP contribution in [0.2, 0.25) is 0 Å². The molecule has 1 saturated carbocycles. The van der Waals surface area contributed by atoms with E-state index < -0.39 is 5.41 Å². The van der Waals surface area contributed by atoms with Gasteiger partial charge in [-0.25, -0.2) is 0 Å². The van der Waals surface area contributed by atoms with Crippen LogP contribution < -0.4 is 5.73 Å². The van der Waals surface area contributed by atoms with Gasteiger partial charge in [-0.15, -0.1) is 0 Å². The second kappa shape index (κ2) is 5.26. The van der Waals surface area contributed by atoms with Gasteiger partial charge in [0.25, 0.3) is 0 Å². The number of amides is 1. The Morgan fingerprint density at radius 1 is 1.25 bits per heavy atom. The third kappa shape index (κ3) is 2.15. The van der Waals surface area contributed by atoms with Crippen molar-refractivity contribution >= 4 is 23.1 Å². The number of nitrogens with two attached hydrogens (primary N) is 1. The molecule has 4 nitrogen and oxygen atoms in total. The topological polar surface area (TPSA) is 49.6 Å². The van der Waals surface area contributed by atoms with Crippen molar-refractivity contribution in [2.75, 3.05) is 26.7 Å². The van der Waals surface area contributed by atoms with Crippen LogP contribution in [-0.2, 0) is 4.79 Å². The predicted molar refractivity (Wildman–Crippen MR) is 83.4 cm³/mol. The maximum Gasteiger partial charge on any atom is 0.235 e. The molecular weight excluding hydrogens is 270 g/mol. The van der Waals surface area contributed by atoms with Gasteiger partial charge in [0, 0.05) is 19.1 Å². The quantitative estimate of drug-likeness (QED) is 0.782. The maximum absolute atomic E-state index is 12.8. The van der Waals surface area contributed by atoms with E-state index in [1.165, 1.54) is 19.4 Å². The maximum atomic E-state index is 12.8. The van der Waals surface area contributed by atoms with Gasteiger partial charge in [0.2, 0.25) is 5.91 Å². The highest BCUT2D eigenvalue weighted by Crippen LogP contribution is 2.44. The first-order valence-corrected chi connectivity index (χ1v) is 8.25. The largest absolute Gasteiger partial charge is 0.392 e. The van der Waals surface area contributed by atoms with Gasteiger partial charge >= 0.3 is 0 Å². The first-order valence-electron chi connectivity index (χ1n) is 7.84. The zero-order chi connectivity index (χ0) is 14.3. The Kier molecular flexibility index (Phi) is 3.75. The van der Waals surface area contributed by atoms with Crippen molar-refractivity contribution in [2.24, 2.45) is 17.1 Å². The van der Waals surface area contributed by atoms with Crippen LogP contribution in [0, 0.1) is 11.3 Å². The van der Waals surface area contributed by atoms with E-state index in [0.717, 1.165) is 38.8 Å². The number of nitrogens with zero attached hydrogens (tertiary/aromatic N) is 2. The van der Waals surface area contributed by atoms with E-state index in [-0.39, 0.29) is 5.91 Å². The standard InChI is InChI=1S/C15H25N3OS/c1-17-8-2-4-11-10-18(9-5-12(11)17)14(19)15(13(16)20)6-3-7-15/h11-12H,2-10H2,1H3,(H2,16,20). The molecule has 20 heavy (non-hydrogen) atoms. The molecular formula is C15H25N3OS. The summed E-state index contributed by atoms with van der Waals surface area (Å²) in [5.74, 6) is 0.845. The summed E-state index contributed by atoms with van der Waals surface area (Å²) in [6, 6.07) is 0.662. The second-order valence-corrected chi connectivity index (χ2v) is 7.23. The molecule has 0 aromatic heterocycles. The van der Waals surface area contributed by atoms with Gasteiger partial charge in [-0.3, -0.25) is 4.79 Å². The minimum Gasteiger partial charge on any atom is -0.392 e. The predicted octanol–water partition coefficient (Wildman–Crippen LogP) is 1.39. The van der Waals surface area contributed by atoms with E-state index >= 15 is 0 Å². The summed E-state index contributed by atoms with van der Waals surface area (Å²) in [5, 5.41) is 0. The van der Waals surface area contributed by atoms with Gasteiger partial charge in [0.1, 0.15) is 0 Å². The van der Waals surface area contributed by atoms with Gasteiger partial charge in [0.05, 0.1) is 10.4 Å². The molecule has 2 N–H and O–H groups in total. The number of carbonyl (C=O) groups excluding carboxylic acids is 1. The summed E-state index contributed by atoms with van der Waals surface area (Å²) in [6.45, 7) is 2.97.